The van der Waals surface area contributed by atoms with E-state index in [1.54, 1.807) is 7.11 Å². The Labute approximate surface area is 147 Å². The number of hydrogen-bond donors (Lipinski definition) is 2. The monoisotopic (exact) mass is 362 g/mol. The molecule has 1 saturated heterocycles. The number of aliphatic imine (C=N–C) groups is 1. The zero-order valence-electron chi connectivity index (χ0n) is 15.8. The van der Waals surface area contributed by atoms with Crippen LogP contribution >= 0.6 is 0 Å². The molecule has 2 N–H and O–H groups in total. The molecule has 0 radical (unpaired) electrons. The zero-order chi connectivity index (χ0) is 18.2. The standard InChI is InChI=1S/C16H34N4O3S/c1-6-17-15(19-13-14(23-5)16(2,3)4)18-7-8-20-9-11-24(21,22)12-10-20/h14H,6-13H2,1-5H3,(H2,17,18,19). The molecule has 0 aromatic rings. The Balaban J connectivity index is 2.44. The normalized spacial score (nSPS) is 20.6. The summed E-state index contributed by atoms with van der Waals surface area (Å²) in [5.41, 5.74) is 0.0366. The Morgan fingerprint density at radius 1 is 1.25 bits per heavy atom. The molecule has 1 aliphatic heterocycles. The van der Waals surface area contributed by atoms with E-state index in [4.69, 9.17) is 4.74 Å². The summed E-state index contributed by atoms with van der Waals surface area (Å²) in [6, 6.07) is 0. The van der Waals surface area contributed by atoms with E-state index in [0.717, 1.165) is 25.6 Å². The van der Waals surface area contributed by atoms with Crippen molar-refractivity contribution in [2.75, 3.05) is 57.9 Å². The van der Waals surface area contributed by atoms with Crippen LogP contribution < -0.4 is 10.6 Å². The summed E-state index contributed by atoms with van der Waals surface area (Å²) >= 11 is 0. The van der Waals surface area contributed by atoms with Gasteiger partial charge in [0.1, 0.15) is 0 Å². The Morgan fingerprint density at radius 3 is 2.38 bits per heavy atom. The van der Waals surface area contributed by atoms with Crippen LogP contribution in [-0.2, 0) is 14.6 Å². The van der Waals surface area contributed by atoms with Crippen LogP contribution in [0.4, 0.5) is 0 Å². The smallest absolute Gasteiger partial charge is 0.191 e. The molecular formula is C16H34N4O3S. The van der Waals surface area contributed by atoms with Crippen molar-refractivity contribution in [1.82, 2.24) is 15.5 Å². The van der Waals surface area contributed by atoms with Gasteiger partial charge in [-0.15, -0.1) is 0 Å². The summed E-state index contributed by atoms with van der Waals surface area (Å²) in [7, 11) is -1.09. The molecule has 1 unspecified atom stereocenters. The summed E-state index contributed by atoms with van der Waals surface area (Å²) in [4.78, 5) is 6.78. The van der Waals surface area contributed by atoms with Gasteiger partial charge in [0.15, 0.2) is 15.8 Å². The molecule has 0 aromatic heterocycles. The van der Waals surface area contributed by atoms with Crippen molar-refractivity contribution in [1.29, 1.82) is 0 Å². The fraction of sp³-hybridized carbons (Fsp3) is 0.938. The number of nitrogens with one attached hydrogen (secondary N) is 2. The van der Waals surface area contributed by atoms with E-state index >= 15 is 0 Å². The van der Waals surface area contributed by atoms with Crippen molar-refractivity contribution in [3.8, 4) is 0 Å². The Bertz CT molecular complexity index is 486. The first-order valence-electron chi connectivity index (χ1n) is 8.65. The number of methoxy groups -OCH3 is 1. The highest BCUT2D eigenvalue weighted by Crippen LogP contribution is 2.21. The number of nitrogens with zero attached hydrogens (tertiary/aromatic N) is 2. The fourth-order valence-corrected chi connectivity index (χ4v) is 3.80. The average Bonchev–Trinajstić information content (AvgIpc) is 2.48. The van der Waals surface area contributed by atoms with Gasteiger partial charge in [-0.3, -0.25) is 9.89 Å². The maximum Gasteiger partial charge on any atom is 0.191 e. The molecule has 1 heterocycles. The maximum atomic E-state index is 11.4. The molecule has 7 nitrogen and oxygen atoms in total. The minimum Gasteiger partial charge on any atom is -0.379 e. The third-order valence-corrected chi connectivity index (χ3v) is 5.78. The summed E-state index contributed by atoms with van der Waals surface area (Å²) in [5.74, 6) is 1.30. The first kappa shape index (κ1) is 21.2. The molecule has 8 heteroatoms. The summed E-state index contributed by atoms with van der Waals surface area (Å²) in [6.45, 7) is 12.6. The van der Waals surface area contributed by atoms with E-state index in [2.05, 4.69) is 41.3 Å². The second-order valence-electron chi connectivity index (χ2n) is 7.23. The van der Waals surface area contributed by atoms with Crippen LogP contribution in [0.3, 0.4) is 0 Å². The molecule has 0 saturated carbocycles. The summed E-state index contributed by atoms with van der Waals surface area (Å²) in [5, 5.41) is 6.55. The first-order chi connectivity index (χ1) is 11.2. The van der Waals surface area contributed by atoms with Crippen LogP contribution in [0.5, 0.6) is 0 Å². The van der Waals surface area contributed by atoms with Crippen molar-refractivity contribution in [2.45, 2.75) is 33.8 Å². The molecule has 24 heavy (non-hydrogen) atoms. The van der Waals surface area contributed by atoms with Crippen LogP contribution in [0.1, 0.15) is 27.7 Å². The second kappa shape index (κ2) is 9.58. The average molecular weight is 363 g/mol. The summed E-state index contributed by atoms with van der Waals surface area (Å²) in [6.07, 6.45) is 0.0558. The van der Waals surface area contributed by atoms with E-state index in [1.807, 2.05) is 6.92 Å². The molecule has 1 fully saturated rings. The molecule has 1 rings (SSSR count). The molecule has 0 aliphatic carbocycles. The van der Waals surface area contributed by atoms with E-state index in [-0.39, 0.29) is 23.0 Å². The molecule has 142 valence electrons. The molecule has 1 atom stereocenters. The van der Waals surface area contributed by atoms with Gasteiger partial charge in [0.25, 0.3) is 0 Å². The van der Waals surface area contributed by atoms with E-state index < -0.39 is 9.84 Å². The number of guanidine groups is 1. The third kappa shape index (κ3) is 7.81. The Morgan fingerprint density at radius 2 is 1.88 bits per heavy atom. The van der Waals surface area contributed by atoms with Crippen LogP contribution in [-0.4, -0.2) is 83.3 Å². The maximum absolute atomic E-state index is 11.4. The third-order valence-electron chi connectivity index (χ3n) is 4.17. The highest BCUT2D eigenvalue weighted by atomic mass is 32.2. The number of hydrogen-bond acceptors (Lipinski definition) is 5. The van der Waals surface area contributed by atoms with Gasteiger partial charge in [-0.1, -0.05) is 20.8 Å². The van der Waals surface area contributed by atoms with Gasteiger partial charge < -0.3 is 15.4 Å². The minimum absolute atomic E-state index is 0.0366. The van der Waals surface area contributed by atoms with Crippen molar-refractivity contribution in [3.05, 3.63) is 0 Å². The van der Waals surface area contributed by atoms with Gasteiger partial charge in [0.2, 0.25) is 0 Å². The Kier molecular flexibility index (Phi) is 8.45. The fourth-order valence-electron chi connectivity index (χ4n) is 2.52. The lowest BCUT2D eigenvalue weighted by atomic mass is 9.89. The lowest BCUT2D eigenvalue weighted by Crippen LogP contribution is -2.46. The lowest BCUT2D eigenvalue weighted by molar-refractivity contribution is 0.0241. The van der Waals surface area contributed by atoms with Crippen molar-refractivity contribution in [2.24, 2.45) is 10.4 Å². The van der Waals surface area contributed by atoms with Crippen molar-refractivity contribution >= 4 is 15.8 Å². The summed E-state index contributed by atoms with van der Waals surface area (Å²) < 4.78 is 28.4. The first-order valence-corrected chi connectivity index (χ1v) is 10.5. The molecule has 0 amide bonds. The van der Waals surface area contributed by atoms with Gasteiger partial charge in [-0.25, -0.2) is 8.42 Å². The second-order valence-corrected chi connectivity index (χ2v) is 9.53. The van der Waals surface area contributed by atoms with Gasteiger partial charge in [0, 0.05) is 39.8 Å². The zero-order valence-corrected chi connectivity index (χ0v) is 16.6. The highest BCUT2D eigenvalue weighted by molar-refractivity contribution is 7.91. The SMILES string of the molecule is CCNC(=NCC(OC)C(C)(C)C)NCCN1CCS(=O)(=O)CC1. The molecule has 0 aromatic carbocycles. The van der Waals surface area contributed by atoms with E-state index in [9.17, 15) is 8.42 Å². The molecular weight excluding hydrogens is 328 g/mol. The molecule has 0 bridgehead atoms. The van der Waals surface area contributed by atoms with E-state index in [0.29, 0.717) is 19.6 Å². The van der Waals surface area contributed by atoms with Crippen LogP contribution in [0.2, 0.25) is 0 Å². The number of sulfone groups is 1. The topological polar surface area (TPSA) is 83.0 Å². The van der Waals surface area contributed by atoms with E-state index in [1.165, 1.54) is 0 Å². The Hall–Kier alpha value is -0.860. The molecule has 1 aliphatic rings. The van der Waals surface area contributed by atoms with Gasteiger partial charge >= 0.3 is 0 Å². The van der Waals surface area contributed by atoms with Gasteiger partial charge in [0.05, 0.1) is 24.2 Å². The predicted octanol–water partition coefficient (Wildman–Crippen LogP) is 0.333. The molecule has 0 spiro atoms. The number of ether oxygens (including phenoxy) is 1. The van der Waals surface area contributed by atoms with Crippen LogP contribution in [0, 0.1) is 5.41 Å². The predicted molar refractivity (Wildman–Crippen MR) is 99.3 cm³/mol. The largest absolute Gasteiger partial charge is 0.379 e. The van der Waals surface area contributed by atoms with Crippen LogP contribution in [0.25, 0.3) is 0 Å². The van der Waals surface area contributed by atoms with Gasteiger partial charge in [-0.05, 0) is 12.3 Å². The van der Waals surface area contributed by atoms with Gasteiger partial charge in [-0.2, -0.15) is 0 Å². The minimum atomic E-state index is -2.81. The number of rotatable bonds is 7. The lowest BCUT2D eigenvalue weighted by Gasteiger charge is -2.28. The van der Waals surface area contributed by atoms with Crippen molar-refractivity contribution in [3.63, 3.8) is 0 Å². The van der Waals surface area contributed by atoms with Crippen molar-refractivity contribution < 1.29 is 13.2 Å². The highest BCUT2D eigenvalue weighted by Gasteiger charge is 2.24. The van der Waals surface area contributed by atoms with Crippen LogP contribution in [0.15, 0.2) is 4.99 Å². The quantitative estimate of drug-likeness (QED) is 0.502.